The van der Waals surface area contributed by atoms with Gasteiger partial charge in [0.05, 0.1) is 0 Å². The molecule has 0 aliphatic carbocycles. The van der Waals surface area contributed by atoms with Gasteiger partial charge < -0.3 is 5.11 Å². The van der Waals surface area contributed by atoms with Crippen molar-refractivity contribution in [3.8, 4) is 0 Å². The van der Waals surface area contributed by atoms with E-state index in [1.165, 1.54) is 6.42 Å². The van der Waals surface area contributed by atoms with E-state index in [9.17, 15) is 4.79 Å². The van der Waals surface area contributed by atoms with E-state index in [-0.39, 0.29) is 18.4 Å². The lowest BCUT2D eigenvalue weighted by Gasteiger charge is -2.07. The van der Waals surface area contributed by atoms with Crippen molar-refractivity contribution in [2.24, 2.45) is 0 Å². The standard InChI is InChI=1S/C8H12N2O2.C2H6O/c1-6-4-2-3-5-7-9-12-8(11)10(6)7;1-2-3/h6H,2-5H2,1H3;3H,2H2,1H3/t6-;/m0./s1. The van der Waals surface area contributed by atoms with Gasteiger partial charge in [-0.25, -0.2) is 4.79 Å². The van der Waals surface area contributed by atoms with Crippen LogP contribution in [0.1, 0.15) is 45.0 Å². The van der Waals surface area contributed by atoms with Crippen LogP contribution in [0.25, 0.3) is 0 Å². The van der Waals surface area contributed by atoms with Crippen LogP contribution in [0.4, 0.5) is 0 Å². The maximum Gasteiger partial charge on any atom is 0.441 e. The van der Waals surface area contributed by atoms with Crippen LogP contribution >= 0.6 is 0 Å². The number of aryl methyl sites for hydroxylation is 1. The van der Waals surface area contributed by atoms with Crippen LogP contribution in [-0.2, 0) is 6.42 Å². The highest BCUT2D eigenvalue weighted by atomic mass is 16.5. The number of hydrogen-bond donors (Lipinski definition) is 1. The molecule has 0 amide bonds. The first-order chi connectivity index (χ1) is 7.20. The average Bonchev–Trinajstić information content (AvgIpc) is 2.44. The average molecular weight is 214 g/mol. The van der Waals surface area contributed by atoms with E-state index in [1.54, 1.807) is 11.5 Å². The fourth-order valence-corrected chi connectivity index (χ4v) is 1.74. The summed E-state index contributed by atoms with van der Waals surface area (Å²) in [5.74, 6) is 0.504. The Morgan fingerprint density at radius 3 is 2.93 bits per heavy atom. The van der Waals surface area contributed by atoms with Gasteiger partial charge in [0, 0.05) is 19.1 Å². The maximum atomic E-state index is 11.2. The first-order valence-corrected chi connectivity index (χ1v) is 5.38. The summed E-state index contributed by atoms with van der Waals surface area (Å²) in [6.07, 6.45) is 4.20. The largest absolute Gasteiger partial charge is 0.441 e. The number of fused-ring (bicyclic) bond motifs is 1. The first kappa shape index (κ1) is 12.0. The molecule has 1 aliphatic heterocycles. The normalized spacial score (nSPS) is 19.8. The molecule has 5 heteroatoms. The fourth-order valence-electron chi connectivity index (χ4n) is 1.74. The summed E-state index contributed by atoms with van der Waals surface area (Å²) in [6, 6.07) is 0.251. The highest BCUT2D eigenvalue weighted by molar-refractivity contribution is 4.89. The Morgan fingerprint density at radius 1 is 1.60 bits per heavy atom. The maximum absolute atomic E-state index is 11.2. The van der Waals surface area contributed by atoms with Gasteiger partial charge in [0.1, 0.15) is 0 Å². The van der Waals surface area contributed by atoms with Gasteiger partial charge in [0.2, 0.25) is 0 Å². The van der Waals surface area contributed by atoms with E-state index >= 15 is 0 Å². The topological polar surface area (TPSA) is 68.3 Å². The van der Waals surface area contributed by atoms with Crippen molar-refractivity contribution in [3.05, 3.63) is 16.4 Å². The number of hydrogen-bond acceptors (Lipinski definition) is 4. The van der Waals surface area contributed by atoms with E-state index in [4.69, 9.17) is 5.11 Å². The molecule has 0 radical (unpaired) electrons. The van der Waals surface area contributed by atoms with Crippen LogP contribution in [0.3, 0.4) is 0 Å². The third kappa shape index (κ3) is 2.92. The summed E-state index contributed by atoms with van der Waals surface area (Å²) in [4.78, 5) is 11.2. The highest BCUT2D eigenvalue weighted by Crippen LogP contribution is 2.19. The fraction of sp³-hybridized carbons (Fsp3) is 0.800. The van der Waals surface area contributed by atoms with E-state index in [0.717, 1.165) is 25.1 Å². The molecule has 1 aromatic heterocycles. The van der Waals surface area contributed by atoms with Gasteiger partial charge >= 0.3 is 5.76 Å². The number of nitrogens with zero attached hydrogens (tertiary/aromatic N) is 2. The highest BCUT2D eigenvalue weighted by Gasteiger charge is 2.18. The molecule has 2 heterocycles. The van der Waals surface area contributed by atoms with Crippen molar-refractivity contribution < 1.29 is 9.63 Å². The lowest BCUT2D eigenvalue weighted by molar-refractivity contribution is 0.318. The van der Waals surface area contributed by atoms with Gasteiger partial charge in [-0.2, -0.15) is 0 Å². The van der Waals surface area contributed by atoms with Gasteiger partial charge in [0.15, 0.2) is 5.82 Å². The summed E-state index contributed by atoms with van der Waals surface area (Å²) in [7, 11) is 0. The minimum atomic E-state index is -0.306. The van der Waals surface area contributed by atoms with Gasteiger partial charge in [-0.05, 0) is 26.7 Å². The van der Waals surface area contributed by atoms with Crippen LogP contribution in [0.5, 0.6) is 0 Å². The number of aliphatic hydroxyl groups excluding tert-OH is 1. The third-order valence-corrected chi connectivity index (χ3v) is 2.42. The van der Waals surface area contributed by atoms with E-state index in [1.807, 2.05) is 6.92 Å². The molecule has 1 aromatic rings. The lowest BCUT2D eigenvalue weighted by atomic mass is 10.1. The van der Waals surface area contributed by atoms with E-state index in [2.05, 4.69) is 9.68 Å². The Labute approximate surface area is 88.7 Å². The van der Waals surface area contributed by atoms with Crippen molar-refractivity contribution >= 4 is 0 Å². The summed E-state index contributed by atoms with van der Waals surface area (Å²) >= 11 is 0. The minimum absolute atomic E-state index is 0.250. The van der Waals surface area contributed by atoms with Crippen LogP contribution in [-0.4, -0.2) is 21.4 Å². The second-order valence-electron chi connectivity index (χ2n) is 3.65. The van der Waals surface area contributed by atoms with Gasteiger partial charge in [-0.3, -0.25) is 9.09 Å². The molecule has 86 valence electrons. The van der Waals surface area contributed by atoms with E-state index < -0.39 is 0 Å². The zero-order chi connectivity index (χ0) is 11.3. The lowest BCUT2D eigenvalue weighted by Crippen LogP contribution is -2.19. The molecule has 2 rings (SSSR count). The van der Waals surface area contributed by atoms with Crippen molar-refractivity contribution in [1.29, 1.82) is 0 Å². The smallest absolute Gasteiger partial charge is 0.397 e. The van der Waals surface area contributed by atoms with Crippen LogP contribution in [0.15, 0.2) is 9.32 Å². The van der Waals surface area contributed by atoms with Crippen LogP contribution < -0.4 is 5.76 Å². The Bertz CT molecular complexity index is 343. The Morgan fingerprint density at radius 2 is 2.27 bits per heavy atom. The summed E-state index contributed by atoms with van der Waals surface area (Å²) < 4.78 is 6.27. The van der Waals surface area contributed by atoms with Crippen molar-refractivity contribution in [3.63, 3.8) is 0 Å². The van der Waals surface area contributed by atoms with Crippen molar-refractivity contribution in [1.82, 2.24) is 9.72 Å². The predicted octanol–water partition coefficient (Wildman–Crippen LogP) is 1.12. The first-order valence-electron chi connectivity index (χ1n) is 5.38. The second-order valence-corrected chi connectivity index (χ2v) is 3.65. The molecule has 0 unspecified atom stereocenters. The van der Waals surface area contributed by atoms with Crippen LogP contribution in [0.2, 0.25) is 0 Å². The van der Waals surface area contributed by atoms with Gasteiger partial charge in [0.25, 0.3) is 0 Å². The SMILES string of the molecule is CCO.C[C@H]1CCCCc2noc(=O)n21. The molecule has 1 atom stereocenters. The summed E-state index contributed by atoms with van der Waals surface area (Å²) in [5.41, 5.74) is 0. The quantitative estimate of drug-likeness (QED) is 0.702. The Kier molecular flexibility index (Phi) is 4.55. The van der Waals surface area contributed by atoms with E-state index in [0.29, 0.717) is 0 Å². The molecule has 15 heavy (non-hydrogen) atoms. The number of aliphatic hydroxyl groups is 1. The molecule has 0 fully saturated rings. The second kappa shape index (κ2) is 5.70. The monoisotopic (exact) mass is 214 g/mol. The predicted molar refractivity (Wildman–Crippen MR) is 55.8 cm³/mol. The third-order valence-electron chi connectivity index (χ3n) is 2.42. The Hall–Kier alpha value is -1.10. The molecular formula is C10H18N2O3. The van der Waals surface area contributed by atoms with Crippen molar-refractivity contribution in [2.45, 2.75) is 45.6 Å². The molecular weight excluding hydrogens is 196 g/mol. The molecule has 0 saturated heterocycles. The Balaban J connectivity index is 0.000000337. The zero-order valence-electron chi connectivity index (χ0n) is 9.27. The summed E-state index contributed by atoms with van der Waals surface area (Å²) in [6.45, 7) is 3.97. The molecule has 1 aliphatic rings. The van der Waals surface area contributed by atoms with Gasteiger partial charge in [-0.15, -0.1) is 0 Å². The van der Waals surface area contributed by atoms with Gasteiger partial charge in [-0.1, -0.05) is 11.6 Å². The molecule has 0 bridgehead atoms. The van der Waals surface area contributed by atoms with Crippen LogP contribution in [0, 0.1) is 0 Å². The summed E-state index contributed by atoms with van der Waals surface area (Å²) in [5, 5.41) is 11.3. The molecule has 0 spiro atoms. The minimum Gasteiger partial charge on any atom is -0.397 e. The molecule has 0 saturated carbocycles. The number of aromatic nitrogens is 2. The molecule has 1 N–H and O–H groups in total. The zero-order valence-corrected chi connectivity index (χ0v) is 9.27. The molecule has 5 nitrogen and oxygen atoms in total. The molecule has 0 aromatic carbocycles. The van der Waals surface area contributed by atoms with Crippen molar-refractivity contribution in [2.75, 3.05) is 6.61 Å². The number of rotatable bonds is 0.